The molecular formula is C17H17N7. The van der Waals surface area contributed by atoms with E-state index in [0.29, 0.717) is 12.2 Å². The van der Waals surface area contributed by atoms with Crippen molar-refractivity contribution in [2.24, 2.45) is 0 Å². The van der Waals surface area contributed by atoms with Crippen molar-refractivity contribution in [1.82, 2.24) is 24.7 Å². The molecule has 0 spiro atoms. The minimum atomic E-state index is -0.0582. The first-order valence-corrected chi connectivity index (χ1v) is 7.97. The highest BCUT2D eigenvalue weighted by molar-refractivity contribution is 5.92. The number of allylic oxidation sites excluding steroid dienone is 2. The number of aromatic amines is 1. The van der Waals surface area contributed by atoms with Gasteiger partial charge < -0.3 is 10.7 Å². The number of nitrogens with one attached hydrogen (secondary N) is 1. The number of fused-ring (bicyclic) bond motifs is 1. The number of aromatic nitrogens is 5. The summed E-state index contributed by atoms with van der Waals surface area (Å²) < 4.78 is 1.81. The van der Waals surface area contributed by atoms with E-state index in [9.17, 15) is 5.26 Å². The first-order chi connectivity index (χ1) is 11.8. The molecule has 0 unspecified atom stereocenters. The fourth-order valence-corrected chi connectivity index (χ4v) is 3.31. The Morgan fingerprint density at radius 1 is 1.42 bits per heavy atom. The van der Waals surface area contributed by atoms with Crippen LogP contribution in [0.4, 0.5) is 5.82 Å². The number of hydrogen-bond donors (Lipinski definition) is 2. The van der Waals surface area contributed by atoms with Crippen molar-refractivity contribution in [3.05, 3.63) is 36.4 Å². The summed E-state index contributed by atoms with van der Waals surface area (Å²) in [4.78, 5) is 11.7. The predicted octanol–water partition coefficient (Wildman–Crippen LogP) is 2.97. The fraction of sp³-hybridized carbons (Fsp3) is 0.294. The summed E-state index contributed by atoms with van der Waals surface area (Å²) >= 11 is 0. The predicted molar refractivity (Wildman–Crippen MR) is 90.7 cm³/mol. The zero-order chi connectivity index (χ0) is 16.5. The Balaban J connectivity index is 1.79. The van der Waals surface area contributed by atoms with Gasteiger partial charge in [-0.3, -0.25) is 4.68 Å². The SMILES string of the molecule is N#CC[C@H](C1=CCCC1)n1cc(-c2ncnc3[nH]ccc23)c(N)n1. The van der Waals surface area contributed by atoms with Gasteiger partial charge in [0, 0.05) is 17.8 Å². The second kappa shape index (κ2) is 5.81. The normalized spacial score (nSPS) is 15.4. The van der Waals surface area contributed by atoms with Gasteiger partial charge in [0.05, 0.1) is 29.8 Å². The third-order valence-corrected chi connectivity index (χ3v) is 4.48. The zero-order valence-electron chi connectivity index (χ0n) is 13.1. The van der Waals surface area contributed by atoms with Gasteiger partial charge in [-0.1, -0.05) is 6.08 Å². The van der Waals surface area contributed by atoms with Crippen LogP contribution in [-0.2, 0) is 0 Å². The number of anilines is 1. The van der Waals surface area contributed by atoms with E-state index in [1.165, 1.54) is 11.9 Å². The third kappa shape index (κ3) is 2.33. The second-order valence-corrected chi connectivity index (χ2v) is 5.92. The van der Waals surface area contributed by atoms with E-state index in [-0.39, 0.29) is 6.04 Å². The average Bonchev–Trinajstić information content (AvgIpc) is 3.32. The van der Waals surface area contributed by atoms with Crippen molar-refractivity contribution >= 4 is 16.9 Å². The Morgan fingerprint density at radius 2 is 2.33 bits per heavy atom. The highest BCUT2D eigenvalue weighted by atomic mass is 15.3. The summed E-state index contributed by atoms with van der Waals surface area (Å²) in [5, 5.41) is 14.6. The van der Waals surface area contributed by atoms with E-state index in [0.717, 1.165) is 41.6 Å². The highest BCUT2D eigenvalue weighted by Gasteiger charge is 2.22. The monoisotopic (exact) mass is 319 g/mol. The third-order valence-electron chi connectivity index (χ3n) is 4.48. The van der Waals surface area contributed by atoms with E-state index in [1.54, 1.807) is 0 Å². The van der Waals surface area contributed by atoms with Crippen LogP contribution in [0.2, 0.25) is 0 Å². The molecule has 0 radical (unpaired) electrons. The molecule has 1 aliphatic carbocycles. The van der Waals surface area contributed by atoms with Gasteiger partial charge in [-0.15, -0.1) is 0 Å². The number of nitrogen functional groups attached to an aromatic ring is 1. The molecule has 0 bridgehead atoms. The van der Waals surface area contributed by atoms with Crippen molar-refractivity contribution in [3.8, 4) is 17.3 Å². The van der Waals surface area contributed by atoms with Crippen LogP contribution in [0.5, 0.6) is 0 Å². The lowest BCUT2D eigenvalue weighted by Crippen LogP contribution is -2.11. The van der Waals surface area contributed by atoms with E-state index >= 15 is 0 Å². The number of nitriles is 1. The number of nitrogens with two attached hydrogens (primary N) is 1. The Morgan fingerprint density at radius 3 is 3.12 bits per heavy atom. The maximum Gasteiger partial charge on any atom is 0.154 e. The van der Waals surface area contributed by atoms with Gasteiger partial charge in [0.15, 0.2) is 5.82 Å². The molecule has 1 atom stereocenters. The molecule has 1 aliphatic rings. The summed E-state index contributed by atoms with van der Waals surface area (Å²) in [6.45, 7) is 0. The number of rotatable bonds is 4. The molecule has 0 fully saturated rings. The summed E-state index contributed by atoms with van der Waals surface area (Å²) in [5.74, 6) is 0.415. The first-order valence-electron chi connectivity index (χ1n) is 7.97. The van der Waals surface area contributed by atoms with Crippen molar-refractivity contribution in [2.75, 3.05) is 5.73 Å². The summed E-state index contributed by atoms with van der Waals surface area (Å²) in [5.41, 5.74) is 9.71. The van der Waals surface area contributed by atoms with Crippen molar-refractivity contribution in [1.29, 1.82) is 5.26 Å². The lowest BCUT2D eigenvalue weighted by atomic mass is 10.0. The van der Waals surface area contributed by atoms with E-state index < -0.39 is 0 Å². The molecule has 0 saturated carbocycles. The molecule has 0 saturated heterocycles. The number of hydrogen-bond acceptors (Lipinski definition) is 5. The maximum atomic E-state index is 9.19. The van der Waals surface area contributed by atoms with Gasteiger partial charge in [-0.2, -0.15) is 10.4 Å². The van der Waals surface area contributed by atoms with Gasteiger partial charge >= 0.3 is 0 Å². The Labute approximate surface area is 138 Å². The molecule has 3 aromatic heterocycles. The molecule has 24 heavy (non-hydrogen) atoms. The van der Waals surface area contributed by atoms with Gasteiger partial charge in [0.2, 0.25) is 0 Å². The van der Waals surface area contributed by atoms with Crippen LogP contribution in [0, 0.1) is 11.3 Å². The van der Waals surface area contributed by atoms with Gasteiger partial charge in [-0.05, 0) is 30.9 Å². The molecule has 0 aromatic carbocycles. The molecular weight excluding hydrogens is 302 g/mol. The summed E-state index contributed by atoms with van der Waals surface area (Å²) in [6, 6.07) is 4.13. The maximum absolute atomic E-state index is 9.19. The molecule has 3 heterocycles. The smallest absolute Gasteiger partial charge is 0.154 e. The van der Waals surface area contributed by atoms with Crippen LogP contribution in [-0.4, -0.2) is 24.7 Å². The Bertz CT molecular complexity index is 957. The van der Waals surface area contributed by atoms with E-state index in [4.69, 9.17) is 5.73 Å². The van der Waals surface area contributed by atoms with Crippen LogP contribution in [0.15, 0.2) is 36.4 Å². The standard InChI is InChI=1S/C17H17N7/c18-7-5-14(11-3-1-2-4-11)24-9-13(16(19)23-24)15-12-6-8-20-17(12)22-10-21-15/h3,6,8-10,14H,1-2,4-5H2,(H2,19,23)(H,20,21,22)/t14-/m1/s1. The topological polar surface area (TPSA) is 109 Å². The molecule has 0 amide bonds. The van der Waals surface area contributed by atoms with E-state index in [2.05, 4.69) is 32.2 Å². The molecule has 0 aliphatic heterocycles. The molecule has 7 heteroatoms. The summed E-state index contributed by atoms with van der Waals surface area (Å²) in [6.07, 6.45) is 11.0. The van der Waals surface area contributed by atoms with Crippen LogP contribution >= 0.6 is 0 Å². The fourth-order valence-electron chi connectivity index (χ4n) is 3.31. The summed E-state index contributed by atoms with van der Waals surface area (Å²) in [7, 11) is 0. The van der Waals surface area contributed by atoms with Gasteiger partial charge in [0.1, 0.15) is 12.0 Å². The van der Waals surface area contributed by atoms with Crippen LogP contribution in [0.3, 0.4) is 0 Å². The van der Waals surface area contributed by atoms with Crippen molar-refractivity contribution in [3.63, 3.8) is 0 Å². The van der Waals surface area contributed by atoms with E-state index in [1.807, 2.05) is 23.1 Å². The lowest BCUT2D eigenvalue weighted by Gasteiger charge is -2.15. The lowest BCUT2D eigenvalue weighted by molar-refractivity contribution is 0.514. The van der Waals surface area contributed by atoms with Crippen molar-refractivity contribution < 1.29 is 0 Å². The minimum Gasteiger partial charge on any atom is -0.382 e. The largest absolute Gasteiger partial charge is 0.382 e. The number of H-pyrrole nitrogens is 1. The Hall–Kier alpha value is -3.14. The molecule has 120 valence electrons. The first kappa shape index (κ1) is 14.5. The minimum absolute atomic E-state index is 0.0582. The average molecular weight is 319 g/mol. The molecule has 3 aromatic rings. The van der Waals surface area contributed by atoms with Crippen molar-refractivity contribution in [2.45, 2.75) is 31.7 Å². The molecule has 7 nitrogen and oxygen atoms in total. The highest BCUT2D eigenvalue weighted by Crippen LogP contribution is 2.34. The van der Waals surface area contributed by atoms with Crippen LogP contribution < -0.4 is 5.73 Å². The molecule has 4 rings (SSSR count). The molecule has 3 N–H and O–H groups in total. The Kier molecular flexibility index (Phi) is 3.50. The second-order valence-electron chi connectivity index (χ2n) is 5.92. The van der Waals surface area contributed by atoms with Crippen LogP contribution in [0.25, 0.3) is 22.3 Å². The van der Waals surface area contributed by atoms with Gasteiger partial charge in [-0.25, -0.2) is 9.97 Å². The zero-order valence-corrected chi connectivity index (χ0v) is 13.1. The van der Waals surface area contributed by atoms with Gasteiger partial charge in [0.25, 0.3) is 0 Å². The number of nitrogens with zero attached hydrogens (tertiary/aromatic N) is 5. The quantitative estimate of drug-likeness (QED) is 0.718. The van der Waals surface area contributed by atoms with Crippen LogP contribution in [0.1, 0.15) is 31.7 Å².